The third-order valence-corrected chi connectivity index (χ3v) is 5.04. The number of rotatable bonds is 2. The molecule has 1 aliphatic heterocycles. The van der Waals surface area contributed by atoms with Crippen molar-refractivity contribution in [2.24, 2.45) is 0 Å². The van der Waals surface area contributed by atoms with Crippen molar-refractivity contribution in [3.05, 3.63) is 71.3 Å². The largest absolute Gasteiger partial charge is 0.332 e. The van der Waals surface area contributed by atoms with Crippen molar-refractivity contribution < 1.29 is 4.79 Å². The van der Waals surface area contributed by atoms with Crippen molar-refractivity contribution in [1.82, 2.24) is 4.90 Å². The van der Waals surface area contributed by atoms with E-state index in [1.165, 1.54) is 16.7 Å². The summed E-state index contributed by atoms with van der Waals surface area (Å²) in [5, 5.41) is 0. The number of carbonyl (C=O) groups is 1. The number of hydrogen-bond donors (Lipinski definition) is 0. The van der Waals surface area contributed by atoms with E-state index in [0.717, 1.165) is 25.8 Å². The van der Waals surface area contributed by atoms with E-state index in [1.54, 1.807) is 0 Å². The van der Waals surface area contributed by atoms with Crippen LogP contribution in [0.5, 0.6) is 0 Å². The highest BCUT2D eigenvalue weighted by Gasteiger charge is 2.51. The molecule has 0 saturated carbocycles. The molecular formula is C19H19NO. The Bertz CT molecular complexity index is 679. The van der Waals surface area contributed by atoms with Gasteiger partial charge in [0, 0.05) is 6.54 Å². The van der Waals surface area contributed by atoms with E-state index in [1.807, 2.05) is 18.2 Å². The quantitative estimate of drug-likeness (QED) is 0.771. The van der Waals surface area contributed by atoms with Gasteiger partial charge in [0.15, 0.2) is 0 Å². The number of fused-ring (bicyclic) bond motifs is 1. The second kappa shape index (κ2) is 4.73. The maximum Gasteiger partial charge on any atom is 0.225 e. The Kier molecular flexibility index (Phi) is 2.85. The summed E-state index contributed by atoms with van der Waals surface area (Å²) in [6, 6.07) is 19.0. The molecule has 1 atom stereocenters. The Labute approximate surface area is 125 Å². The van der Waals surface area contributed by atoms with E-state index in [9.17, 15) is 4.79 Å². The second-order valence-corrected chi connectivity index (χ2v) is 6.31. The van der Waals surface area contributed by atoms with Crippen molar-refractivity contribution >= 4 is 5.91 Å². The predicted octanol–water partition coefficient (Wildman–Crippen LogP) is 3.35. The molecule has 0 aromatic heterocycles. The van der Waals surface area contributed by atoms with Gasteiger partial charge < -0.3 is 4.90 Å². The van der Waals surface area contributed by atoms with Crippen molar-refractivity contribution in [3.63, 3.8) is 0 Å². The van der Waals surface area contributed by atoms with Crippen molar-refractivity contribution in [3.8, 4) is 0 Å². The Morgan fingerprint density at radius 1 is 0.905 bits per heavy atom. The van der Waals surface area contributed by atoms with E-state index in [4.69, 9.17) is 0 Å². The molecule has 2 aromatic rings. The molecule has 1 saturated heterocycles. The highest BCUT2D eigenvalue weighted by atomic mass is 16.2. The lowest BCUT2D eigenvalue weighted by molar-refractivity contribution is -0.159. The van der Waals surface area contributed by atoms with Crippen LogP contribution < -0.4 is 0 Å². The summed E-state index contributed by atoms with van der Waals surface area (Å²) in [6.45, 7) is 0.752. The summed E-state index contributed by atoms with van der Waals surface area (Å²) >= 11 is 0. The van der Waals surface area contributed by atoms with Crippen LogP contribution in [0.3, 0.4) is 0 Å². The van der Waals surface area contributed by atoms with Crippen LogP contribution in [-0.2, 0) is 24.2 Å². The zero-order valence-electron chi connectivity index (χ0n) is 12.1. The fourth-order valence-electron chi connectivity index (χ4n) is 3.83. The Morgan fingerprint density at radius 3 is 2.38 bits per heavy atom. The van der Waals surface area contributed by atoms with E-state index >= 15 is 0 Å². The maximum absolute atomic E-state index is 12.1. The van der Waals surface area contributed by atoms with E-state index in [0.29, 0.717) is 12.3 Å². The van der Waals surface area contributed by atoms with Gasteiger partial charge in [-0.15, -0.1) is 0 Å². The molecule has 2 aliphatic rings. The van der Waals surface area contributed by atoms with Crippen LogP contribution in [-0.4, -0.2) is 16.3 Å². The normalized spacial score (nSPS) is 23.8. The van der Waals surface area contributed by atoms with E-state index < -0.39 is 0 Å². The topological polar surface area (TPSA) is 20.3 Å². The molecule has 0 N–H and O–H groups in total. The number of nitrogens with zero attached hydrogens (tertiary/aromatic N) is 1. The highest BCUT2D eigenvalue weighted by molar-refractivity contribution is 5.85. The molecule has 21 heavy (non-hydrogen) atoms. The molecule has 1 fully saturated rings. The lowest BCUT2D eigenvalue weighted by Crippen LogP contribution is -2.65. The number of aryl methyl sites for hydroxylation is 1. The fraction of sp³-hybridized carbons (Fsp3) is 0.316. The van der Waals surface area contributed by atoms with Crippen LogP contribution in [0.4, 0.5) is 0 Å². The summed E-state index contributed by atoms with van der Waals surface area (Å²) in [5.74, 6) is 0.304. The number of β-lactam (4-membered cyclic amide) rings is 1. The molecule has 0 bridgehead atoms. The average Bonchev–Trinajstić information content (AvgIpc) is 2.54. The van der Waals surface area contributed by atoms with Gasteiger partial charge in [0.05, 0.1) is 12.0 Å². The first kappa shape index (κ1) is 12.6. The number of likely N-dealkylation sites (tertiary alicyclic amines) is 1. The average molecular weight is 277 g/mol. The summed E-state index contributed by atoms with van der Waals surface area (Å²) < 4.78 is 0. The molecule has 106 valence electrons. The van der Waals surface area contributed by atoms with Crippen LogP contribution in [0.2, 0.25) is 0 Å². The smallest absolute Gasteiger partial charge is 0.225 e. The molecule has 1 heterocycles. The number of benzene rings is 2. The van der Waals surface area contributed by atoms with Gasteiger partial charge in [-0.1, -0.05) is 54.6 Å². The molecule has 2 nitrogen and oxygen atoms in total. The number of carbonyl (C=O) groups excluding carboxylic acids is 1. The fourth-order valence-corrected chi connectivity index (χ4v) is 3.83. The number of hydrogen-bond acceptors (Lipinski definition) is 1. The predicted molar refractivity (Wildman–Crippen MR) is 82.8 cm³/mol. The molecule has 1 amide bonds. The first-order chi connectivity index (χ1) is 10.3. The summed E-state index contributed by atoms with van der Waals surface area (Å²) in [7, 11) is 0. The first-order valence-electron chi connectivity index (χ1n) is 7.68. The first-order valence-corrected chi connectivity index (χ1v) is 7.68. The van der Waals surface area contributed by atoms with Crippen molar-refractivity contribution in [1.29, 1.82) is 0 Å². The van der Waals surface area contributed by atoms with Gasteiger partial charge in [-0.2, -0.15) is 0 Å². The van der Waals surface area contributed by atoms with Crippen LogP contribution in [0, 0.1) is 0 Å². The van der Waals surface area contributed by atoms with Gasteiger partial charge in [-0.05, 0) is 36.0 Å². The van der Waals surface area contributed by atoms with Crippen LogP contribution in [0.15, 0.2) is 54.6 Å². The van der Waals surface area contributed by atoms with Crippen molar-refractivity contribution in [2.45, 2.75) is 37.8 Å². The standard InChI is InChI=1S/C19H19NO/c21-18-13-19(20(18)14-15-6-2-1-3-7-15)11-10-16-8-4-5-9-17(16)12-19/h1-9H,10-14H2. The Morgan fingerprint density at radius 2 is 1.62 bits per heavy atom. The van der Waals surface area contributed by atoms with Crippen LogP contribution in [0.25, 0.3) is 0 Å². The zero-order valence-corrected chi connectivity index (χ0v) is 12.1. The molecule has 0 radical (unpaired) electrons. The SMILES string of the molecule is O=C1CC2(CCc3ccccc3C2)N1Cc1ccccc1. The van der Waals surface area contributed by atoms with Gasteiger partial charge in [0.25, 0.3) is 0 Å². The van der Waals surface area contributed by atoms with Gasteiger partial charge in [-0.3, -0.25) is 4.79 Å². The van der Waals surface area contributed by atoms with E-state index in [2.05, 4.69) is 41.3 Å². The van der Waals surface area contributed by atoms with Gasteiger partial charge >= 0.3 is 0 Å². The Balaban J connectivity index is 1.59. The third kappa shape index (κ3) is 2.06. The lowest BCUT2D eigenvalue weighted by atomic mass is 9.70. The lowest BCUT2D eigenvalue weighted by Gasteiger charge is -2.54. The van der Waals surface area contributed by atoms with Crippen molar-refractivity contribution in [2.75, 3.05) is 0 Å². The minimum atomic E-state index is 0.0707. The zero-order chi connectivity index (χ0) is 14.3. The summed E-state index contributed by atoms with van der Waals surface area (Å²) in [5.41, 5.74) is 4.18. The number of amides is 1. The highest BCUT2D eigenvalue weighted by Crippen LogP contribution is 2.43. The van der Waals surface area contributed by atoms with Crippen LogP contribution in [0.1, 0.15) is 29.5 Å². The van der Waals surface area contributed by atoms with Crippen LogP contribution >= 0.6 is 0 Å². The molecular weight excluding hydrogens is 258 g/mol. The summed E-state index contributed by atoms with van der Waals surface area (Å²) in [6.07, 6.45) is 3.92. The molecule has 1 aliphatic carbocycles. The molecule has 1 unspecified atom stereocenters. The molecule has 2 aromatic carbocycles. The molecule has 1 spiro atoms. The van der Waals surface area contributed by atoms with E-state index in [-0.39, 0.29) is 5.54 Å². The monoisotopic (exact) mass is 277 g/mol. The minimum absolute atomic E-state index is 0.0707. The maximum atomic E-state index is 12.1. The van der Waals surface area contributed by atoms with Gasteiger partial charge in [-0.25, -0.2) is 0 Å². The Hall–Kier alpha value is -2.09. The van der Waals surface area contributed by atoms with Gasteiger partial charge in [0.1, 0.15) is 0 Å². The molecule has 4 rings (SSSR count). The van der Waals surface area contributed by atoms with Gasteiger partial charge in [0.2, 0.25) is 5.91 Å². The molecule has 2 heteroatoms. The summed E-state index contributed by atoms with van der Waals surface area (Å²) in [4.78, 5) is 14.3. The minimum Gasteiger partial charge on any atom is -0.332 e. The second-order valence-electron chi connectivity index (χ2n) is 6.31. The third-order valence-electron chi connectivity index (χ3n) is 5.04.